The highest BCUT2D eigenvalue weighted by atomic mass is 16.6. The summed E-state index contributed by atoms with van der Waals surface area (Å²) in [6, 6.07) is 16.9. The molecule has 29 heavy (non-hydrogen) atoms. The molecule has 4 rings (SSSR count). The number of hydrogen-bond donors (Lipinski definition) is 0. The maximum Gasteiger partial charge on any atom is 0.410 e. The van der Waals surface area contributed by atoms with Gasteiger partial charge in [0.2, 0.25) is 0 Å². The van der Waals surface area contributed by atoms with Gasteiger partial charge < -0.3 is 19.0 Å². The topological polar surface area (TPSA) is 58.8 Å². The van der Waals surface area contributed by atoms with Crippen molar-refractivity contribution in [1.29, 1.82) is 0 Å². The second-order valence-electron chi connectivity index (χ2n) is 8.35. The van der Waals surface area contributed by atoms with Gasteiger partial charge in [-0.3, -0.25) is 0 Å². The van der Waals surface area contributed by atoms with Crippen LogP contribution < -0.4 is 4.90 Å². The molecular weight excluding hydrogens is 366 g/mol. The molecule has 0 atom stereocenters. The van der Waals surface area contributed by atoms with E-state index in [9.17, 15) is 4.79 Å². The lowest BCUT2D eigenvalue weighted by atomic mass is 10.1. The fourth-order valence-corrected chi connectivity index (χ4v) is 3.48. The van der Waals surface area contributed by atoms with Crippen molar-refractivity contribution in [1.82, 2.24) is 9.88 Å². The van der Waals surface area contributed by atoms with E-state index in [2.05, 4.69) is 29.2 Å². The maximum absolute atomic E-state index is 12.4. The Labute approximate surface area is 171 Å². The first kappa shape index (κ1) is 19.3. The number of ether oxygens (including phenoxy) is 1. The van der Waals surface area contributed by atoms with E-state index in [0.717, 1.165) is 35.2 Å². The molecule has 0 unspecified atom stereocenters. The first-order chi connectivity index (χ1) is 13.9. The Morgan fingerprint density at radius 1 is 1.00 bits per heavy atom. The third kappa shape index (κ3) is 4.53. The predicted octanol–water partition coefficient (Wildman–Crippen LogP) is 4.94. The van der Waals surface area contributed by atoms with Crippen LogP contribution in [0.15, 0.2) is 52.9 Å². The summed E-state index contributed by atoms with van der Waals surface area (Å²) in [5.41, 5.74) is 3.40. The van der Waals surface area contributed by atoms with Gasteiger partial charge >= 0.3 is 6.09 Å². The number of oxazole rings is 1. The van der Waals surface area contributed by atoms with Gasteiger partial charge in [-0.05, 0) is 50.5 Å². The van der Waals surface area contributed by atoms with Crippen molar-refractivity contribution in [3.8, 4) is 11.1 Å². The number of benzene rings is 2. The summed E-state index contributed by atoms with van der Waals surface area (Å²) in [5.74, 6) is 0. The van der Waals surface area contributed by atoms with Gasteiger partial charge in [0.25, 0.3) is 6.01 Å². The van der Waals surface area contributed by atoms with Crippen LogP contribution in [0.3, 0.4) is 0 Å². The summed E-state index contributed by atoms with van der Waals surface area (Å²) in [7, 11) is 0. The molecule has 0 bridgehead atoms. The summed E-state index contributed by atoms with van der Waals surface area (Å²) in [5, 5.41) is 0. The van der Waals surface area contributed by atoms with Gasteiger partial charge in [0.15, 0.2) is 5.58 Å². The molecule has 3 aromatic rings. The Bertz CT molecular complexity index is 992. The standard InChI is InChI=1S/C23H27N3O3/c1-23(2,3)29-22(27)26-13-7-12-25(14-15-26)21-24-19-16-18(10-11-20(19)28-21)17-8-5-4-6-9-17/h4-6,8-11,16H,7,12-15H2,1-3H3. The first-order valence-corrected chi connectivity index (χ1v) is 10.1. The zero-order valence-electron chi connectivity index (χ0n) is 17.2. The van der Waals surface area contributed by atoms with Gasteiger partial charge in [-0.15, -0.1) is 0 Å². The van der Waals surface area contributed by atoms with E-state index in [-0.39, 0.29) is 6.09 Å². The van der Waals surface area contributed by atoms with Crippen LogP contribution in [0.2, 0.25) is 0 Å². The molecule has 1 amide bonds. The van der Waals surface area contributed by atoms with Crippen molar-refractivity contribution in [3.63, 3.8) is 0 Å². The van der Waals surface area contributed by atoms with E-state index in [0.29, 0.717) is 25.6 Å². The molecular formula is C23H27N3O3. The number of hydrogen-bond acceptors (Lipinski definition) is 5. The molecule has 1 saturated heterocycles. The second kappa shape index (κ2) is 7.78. The van der Waals surface area contributed by atoms with Gasteiger partial charge in [-0.25, -0.2) is 4.79 Å². The number of nitrogens with zero attached hydrogens (tertiary/aromatic N) is 3. The highest BCUT2D eigenvalue weighted by Crippen LogP contribution is 2.28. The summed E-state index contributed by atoms with van der Waals surface area (Å²) in [6.07, 6.45) is 0.581. The van der Waals surface area contributed by atoms with Crippen LogP contribution in [-0.4, -0.2) is 47.8 Å². The van der Waals surface area contributed by atoms with E-state index >= 15 is 0 Å². The van der Waals surface area contributed by atoms with Gasteiger partial charge in [-0.1, -0.05) is 36.4 Å². The summed E-state index contributed by atoms with van der Waals surface area (Å²) < 4.78 is 11.5. The smallest absolute Gasteiger partial charge is 0.410 e. The van der Waals surface area contributed by atoms with E-state index in [4.69, 9.17) is 14.1 Å². The van der Waals surface area contributed by atoms with E-state index in [1.165, 1.54) is 0 Å². The average Bonchev–Trinajstić information content (AvgIpc) is 2.95. The molecule has 0 radical (unpaired) electrons. The van der Waals surface area contributed by atoms with Crippen molar-refractivity contribution < 1.29 is 13.9 Å². The molecule has 1 aliphatic rings. The summed E-state index contributed by atoms with van der Waals surface area (Å²) in [6.45, 7) is 8.37. The highest BCUT2D eigenvalue weighted by molar-refractivity contribution is 5.81. The van der Waals surface area contributed by atoms with Gasteiger partial charge in [0, 0.05) is 26.2 Å². The van der Waals surface area contributed by atoms with Crippen LogP contribution in [0, 0.1) is 0 Å². The molecule has 0 saturated carbocycles. The SMILES string of the molecule is CC(C)(C)OC(=O)N1CCCN(c2nc3cc(-c4ccccc4)ccc3o2)CC1. The Hall–Kier alpha value is -3.02. The Kier molecular flexibility index (Phi) is 5.18. The first-order valence-electron chi connectivity index (χ1n) is 10.1. The lowest BCUT2D eigenvalue weighted by Crippen LogP contribution is -2.39. The molecule has 0 N–H and O–H groups in total. The van der Waals surface area contributed by atoms with E-state index in [1.807, 2.05) is 45.0 Å². The molecule has 6 nitrogen and oxygen atoms in total. The molecule has 0 aliphatic carbocycles. The number of rotatable bonds is 2. The lowest BCUT2D eigenvalue weighted by molar-refractivity contribution is 0.0263. The molecule has 2 aromatic carbocycles. The zero-order chi connectivity index (χ0) is 20.4. The van der Waals surface area contributed by atoms with Gasteiger partial charge in [0.05, 0.1) is 0 Å². The number of amides is 1. The molecule has 1 fully saturated rings. The van der Waals surface area contributed by atoms with Crippen molar-refractivity contribution >= 4 is 23.2 Å². The van der Waals surface area contributed by atoms with Crippen LogP contribution in [0.25, 0.3) is 22.2 Å². The number of aromatic nitrogens is 1. The minimum atomic E-state index is -0.486. The molecule has 0 spiro atoms. The Balaban J connectivity index is 1.49. The Morgan fingerprint density at radius 3 is 2.55 bits per heavy atom. The Morgan fingerprint density at radius 2 is 1.79 bits per heavy atom. The molecule has 1 aromatic heterocycles. The summed E-state index contributed by atoms with van der Waals surface area (Å²) >= 11 is 0. The molecule has 6 heteroatoms. The molecule has 152 valence electrons. The number of carbonyl (C=O) groups is 1. The van der Waals surface area contributed by atoms with Gasteiger partial charge in [-0.2, -0.15) is 4.98 Å². The van der Waals surface area contributed by atoms with Crippen LogP contribution in [0.1, 0.15) is 27.2 Å². The lowest BCUT2D eigenvalue weighted by Gasteiger charge is -2.26. The zero-order valence-corrected chi connectivity index (χ0v) is 17.2. The number of fused-ring (bicyclic) bond motifs is 1. The van der Waals surface area contributed by atoms with Crippen LogP contribution in [0.4, 0.5) is 10.8 Å². The van der Waals surface area contributed by atoms with Crippen molar-refractivity contribution in [2.24, 2.45) is 0 Å². The largest absolute Gasteiger partial charge is 0.444 e. The summed E-state index contributed by atoms with van der Waals surface area (Å²) in [4.78, 5) is 21.0. The van der Waals surface area contributed by atoms with Crippen molar-refractivity contribution in [2.45, 2.75) is 32.8 Å². The third-order valence-electron chi connectivity index (χ3n) is 4.90. The fraction of sp³-hybridized carbons (Fsp3) is 0.391. The number of anilines is 1. The average molecular weight is 393 g/mol. The van der Waals surface area contributed by atoms with Crippen LogP contribution in [-0.2, 0) is 4.74 Å². The maximum atomic E-state index is 12.4. The quantitative estimate of drug-likeness (QED) is 0.617. The minimum absolute atomic E-state index is 0.260. The fourth-order valence-electron chi connectivity index (χ4n) is 3.48. The molecule has 2 heterocycles. The normalized spacial score (nSPS) is 15.4. The van der Waals surface area contributed by atoms with Gasteiger partial charge in [0.1, 0.15) is 11.1 Å². The third-order valence-corrected chi connectivity index (χ3v) is 4.90. The monoisotopic (exact) mass is 393 g/mol. The molecule has 1 aliphatic heterocycles. The van der Waals surface area contributed by atoms with Crippen molar-refractivity contribution in [2.75, 3.05) is 31.1 Å². The number of carbonyl (C=O) groups excluding carboxylic acids is 1. The van der Waals surface area contributed by atoms with Crippen molar-refractivity contribution in [3.05, 3.63) is 48.5 Å². The minimum Gasteiger partial charge on any atom is -0.444 e. The van der Waals surface area contributed by atoms with E-state index < -0.39 is 5.60 Å². The highest BCUT2D eigenvalue weighted by Gasteiger charge is 2.26. The van der Waals surface area contributed by atoms with E-state index in [1.54, 1.807) is 4.90 Å². The van der Waals surface area contributed by atoms with Crippen LogP contribution in [0.5, 0.6) is 0 Å². The second-order valence-corrected chi connectivity index (χ2v) is 8.35. The van der Waals surface area contributed by atoms with Crippen LogP contribution >= 0.6 is 0 Å². The predicted molar refractivity (Wildman–Crippen MR) is 114 cm³/mol.